The topological polar surface area (TPSA) is 59.6 Å². The number of carbonyl (C=O) groups is 1. The van der Waals surface area contributed by atoms with Crippen molar-refractivity contribution < 1.29 is 14.3 Å². The van der Waals surface area contributed by atoms with Crippen LogP contribution in [0.5, 0.6) is 11.5 Å². The van der Waals surface area contributed by atoms with Crippen molar-refractivity contribution in [2.45, 2.75) is 6.54 Å². The van der Waals surface area contributed by atoms with E-state index in [-0.39, 0.29) is 12.5 Å². The zero-order chi connectivity index (χ0) is 17.9. The van der Waals surface area contributed by atoms with Crippen molar-refractivity contribution in [2.24, 2.45) is 0 Å². The SMILES string of the molecule is CNC(=O)COc1ccc(CNC/C=C\c2ccccc2OC)cc1. The summed E-state index contributed by atoms with van der Waals surface area (Å²) in [5.41, 5.74) is 2.21. The summed E-state index contributed by atoms with van der Waals surface area (Å²) in [7, 11) is 3.26. The maximum absolute atomic E-state index is 11.1. The zero-order valence-corrected chi connectivity index (χ0v) is 14.6. The maximum Gasteiger partial charge on any atom is 0.257 e. The van der Waals surface area contributed by atoms with Crippen molar-refractivity contribution in [3.8, 4) is 11.5 Å². The van der Waals surface area contributed by atoms with Crippen LogP contribution >= 0.6 is 0 Å². The Bertz CT molecular complexity index is 696. The number of nitrogens with one attached hydrogen (secondary N) is 2. The average Bonchev–Trinajstić information content (AvgIpc) is 2.67. The lowest BCUT2D eigenvalue weighted by Gasteiger charge is -2.07. The Hall–Kier alpha value is -2.79. The second kappa shape index (κ2) is 10.2. The van der Waals surface area contributed by atoms with E-state index in [1.807, 2.05) is 54.6 Å². The Morgan fingerprint density at radius 3 is 2.60 bits per heavy atom. The van der Waals surface area contributed by atoms with Gasteiger partial charge in [0, 0.05) is 25.7 Å². The van der Waals surface area contributed by atoms with Crippen molar-refractivity contribution in [2.75, 3.05) is 27.3 Å². The first-order chi connectivity index (χ1) is 12.2. The van der Waals surface area contributed by atoms with Crippen LogP contribution in [0, 0.1) is 0 Å². The number of benzene rings is 2. The number of amides is 1. The summed E-state index contributed by atoms with van der Waals surface area (Å²) in [6.07, 6.45) is 4.11. The number of hydrogen-bond acceptors (Lipinski definition) is 4. The van der Waals surface area contributed by atoms with Crippen molar-refractivity contribution in [3.05, 3.63) is 65.7 Å². The number of hydrogen-bond donors (Lipinski definition) is 2. The number of rotatable bonds is 9. The molecule has 2 rings (SSSR count). The highest BCUT2D eigenvalue weighted by molar-refractivity contribution is 5.77. The van der Waals surface area contributed by atoms with Crippen LogP contribution in [0.1, 0.15) is 11.1 Å². The van der Waals surface area contributed by atoms with Gasteiger partial charge in [0.25, 0.3) is 5.91 Å². The van der Waals surface area contributed by atoms with Crippen LogP contribution in [0.15, 0.2) is 54.6 Å². The third-order valence-electron chi connectivity index (χ3n) is 3.60. The smallest absolute Gasteiger partial charge is 0.257 e. The first kappa shape index (κ1) is 18.5. The Morgan fingerprint density at radius 2 is 1.88 bits per heavy atom. The number of para-hydroxylation sites is 1. The molecule has 2 N–H and O–H groups in total. The van der Waals surface area contributed by atoms with Crippen LogP contribution < -0.4 is 20.1 Å². The zero-order valence-electron chi connectivity index (χ0n) is 14.6. The highest BCUT2D eigenvalue weighted by atomic mass is 16.5. The molecule has 0 fully saturated rings. The molecule has 0 aromatic heterocycles. The minimum atomic E-state index is -0.146. The van der Waals surface area contributed by atoms with Crippen LogP contribution in [0.3, 0.4) is 0 Å². The lowest BCUT2D eigenvalue weighted by Crippen LogP contribution is -2.24. The molecule has 2 aromatic carbocycles. The fourth-order valence-corrected chi connectivity index (χ4v) is 2.21. The monoisotopic (exact) mass is 340 g/mol. The molecule has 0 aliphatic rings. The van der Waals surface area contributed by atoms with Gasteiger partial charge >= 0.3 is 0 Å². The van der Waals surface area contributed by atoms with Crippen LogP contribution in [0.25, 0.3) is 6.08 Å². The van der Waals surface area contributed by atoms with E-state index in [0.717, 1.165) is 30.0 Å². The highest BCUT2D eigenvalue weighted by Gasteiger charge is 2.00. The quantitative estimate of drug-likeness (QED) is 0.689. The van der Waals surface area contributed by atoms with Gasteiger partial charge in [-0.15, -0.1) is 0 Å². The van der Waals surface area contributed by atoms with Crippen LogP contribution in [-0.4, -0.2) is 33.2 Å². The molecule has 0 saturated carbocycles. The molecule has 0 aliphatic heterocycles. The summed E-state index contributed by atoms with van der Waals surface area (Å²) in [5.74, 6) is 1.40. The summed E-state index contributed by atoms with van der Waals surface area (Å²) in [6.45, 7) is 1.54. The standard InChI is InChI=1S/C20H24N2O3/c1-21-20(23)15-25-18-11-9-16(10-12-18)14-22-13-5-7-17-6-3-4-8-19(17)24-2/h3-12,22H,13-15H2,1-2H3,(H,21,23)/b7-5-. The molecule has 1 amide bonds. The van der Waals surface area contributed by atoms with Crippen LogP contribution in [0.2, 0.25) is 0 Å². The van der Waals surface area contributed by atoms with E-state index in [1.165, 1.54) is 0 Å². The van der Waals surface area contributed by atoms with Gasteiger partial charge in [-0.2, -0.15) is 0 Å². The molecule has 0 radical (unpaired) electrons. The molecule has 0 unspecified atom stereocenters. The molecule has 5 heteroatoms. The van der Waals surface area contributed by atoms with Crippen LogP contribution in [-0.2, 0) is 11.3 Å². The largest absolute Gasteiger partial charge is 0.496 e. The Balaban J connectivity index is 1.74. The van der Waals surface area contributed by atoms with Crippen molar-refractivity contribution >= 4 is 12.0 Å². The van der Waals surface area contributed by atoms with Gasteiger partial charge in [-0.05, 0) is 23.8 Å². The molecule has 0 heterocycles. The minimum Gasteiger partial charge on any atom is -0.496 e. The molecule has 0 atom stereocenters. The first-order valence-electron chi connectivity index (χ1n) is 8.15. The second-order valence-corrected chi connectivity index (χ2v) is 5.38. The lowest BCUT2D eigenvalue weighted by atomic mass is 10.2. The molecule has 0 aliphatic carbocycles. The van der Waals surface area contributed by atoms with E-state index in [0.29, 0.717) is 5.75 Å². The van der Waals surface area contributed by atoms with Gasteiger partial charge in [0.15, 0.2) is 6.61 Å². The fourth-order valence-electron chi connectivity index (χ4n) is 2.21. The summed E-state index contributed by atoms with van der Waals surface area (Å²) >= 11 is 0. The molecular formula is C20H24N2O3. The van der Waals surface area contributed by atoms with Crippen LogP contribution in [0.4, 0.5) is 0 Å². The maximum atomic E-state index is 11.1. The van der Waals surface area contributed by atoms with Gasteiger partial charge in [0.05, 0.1) is 7.11 Å². The second-order valence-electron chi connectivity index (χ2n) is 5.38. The van der Waals surface area contributed by atoms with Crippen molar-refractivity contribution in [1.82, 2.24) is 10.6 Å². The third-order valence-corrected chi connectivity index (χ3v) is 3.60. The Labute approximate surface area is 148 Å². The van der Waals surface area contributed by atoms with Gasteiger partial charge in [0.1, 0.15) is 11.5 Å². The molecule has 2 aromatic rings. The number of ether oxygens (including phenoxy) is 2. The summed E-state index contributed by atoms with van der Waals surface area (Å²) < 4.78 is 10.7. The molecule has 132 valence electrons. The van der Waals surface area contributed by atoms with E-state index < -0.39 is 0 Å². The van der Waals surface area contributed by atoms with Gasteiger partial charge < -0.3 is 20.1 Å². The summed E-state index contributed by atoms with van der Waals surface area (Å²) in [5, 5.41) is 5.87. The minimum absolute atomic E-state index is 0.0296. The average molecular weight is 340 g/mol. The van der Waals surface area contributed by atoms with E-state index in [4.69, 9.17) is 9.47 Å². The molecule has 0 spiro atoms. The molecule has 0 saturated heterocycles. The summed E-state index contributed by atoms with van der Waals surface area (Å²) in [6, 6.07) is 15.6. The van der Waals surface area contributed by atoms with E-state index >= 15 is 0 Å². The van der Waals surface area contributed by atoms with Crippen molar-refractivity contribution in [3.63, 3.8) is 0 Å². The lowest BCUT2D eigenvalue weighted by molar-refractivity contribution is -0.122. The predicted octanol–water partition coefficient (Wildman–Crippen LogP) is 2.62. The number of methoxy groups -OCH3 is 1. The van der Waals surface area contributed by atoms with Gasteiger partial charge in [-0.25, -0.2) is 0 Å². The first-order valence-corrected chi connectivity index (χ1v) is 8.15. The molecule has 25 heavy (non-hydrogen) atoms. The fraction of sp³-hybridized carbons (Fsp3) is 0.250. The van der Waals surface area contributed by atoms with E-state index in [9.17, 15) is 4.79 Å². The van der Waals surface area contributed by atoms with Crippen molar-refractivity contribution in [1.29, 1.82) is 0 Å². The number of carbonyl (C=O) groups excluding carboxylic acids is 1. The molecular weight excluding hydrogens is 316 g/mol. The third kappa shape index (κ3) is 6.31. The highest BCUT2D eigenvalue weighted by Crippen LogP contribution is 2.18. The van der Waals surface area contributed by atoms with E-state index in [1.54, 1.807) is 14.2 Å². The van der Waals surface area contributed by atoms with Gasteiger partial charge in [-0.1, -0.05) is 42.5 Å². The number of likely N-dealkylation sites (N-methyl/N-ethyl adjacent to an activating group) is 1. The Morgan fingerprint density at radius 1 is 1.12 bits per heavy atom. The summed E-state index contributed by atoms with van der Waals surface area (Å²) in [4.78, 5) is 11.1. The van der Waals surface area contributed by atoms with Gasteiger partial charge in [0.2, 0.25) is 0 Å². The predicted molar refractivity (Wildman–Crippen MR) is 99.7 cm³/mol. The molecule has 5 nitrogen and oxygen atoms in total. The Kier molecular flexibility index (Phi) is 7.53. The van der Waals surface area contributed by atoms with Gasteiger partial charge in [-0.3, -0.25) is 4.79 Å². The normalized spacial score (nSPS) is 10.6. The van der Waals surface area contributed by atoms with E-state index in [2.05, 4.69) is 16.7 Å². The molecule has 0 bridgehead atoms.